The summed E-state index contributed by atoms with van der Waals surface area (Å²) in [6, 6.07) is 0. The summed E-state index contributed by atoms with van der Waals surface area (Å²) in [5.74, 6) is 0.523. The fourth-order valence-corrected chi connectivity index (χ4v) is 3.47. The molecule has 2 heterocycles. The largest absolute Gasteiger partial charge is 0.395 e. The highest BCUT2D eigenvalue weighted by Gasteiger charge is 2.36. The van der Waals surface area contributed by atoms with E-state index in [9.17, 15) is 8.42 Å². The Morgan fingerprint density at radius 2 is 2.38 bits per heavy atom. The van der Waals surface area contributed by atoms with Crippen molar-refractivity contribution in [3.05, 3.63) is 12.0 Å². The lowest BCUT2D eigenvalue weighted by Crippen LogP contribution is -2.08. The molecule has 1 saturated heterocycles. The van der Waals surface area contributed by atoms with Crippen LogP contribution in [0.25, 0.3) is 0 Å². The summed E-state index contributed by atoms with van der Waals surface area (Å²) < 4.78 is 27.8. The topological polar surface area (TPSA) is 86.2 Å². The molecule has 1 unspecified atom stereocenters. The van der Waals surface area contributed by atoms with Crippen LogP contribution in [-0.2, 0) is 9.84 Å². The molecule has 1 aromatic heterocycles. The normalized spacial score (nSPS) is 26.3. The molecule has 6 heteroatoms. The lowest BCUT2D eigenvalue weighted by atomic mass is 10.2. The Morgan fingerprint density at radius 3 is 2.85 bits per heavy atom. The first-order chi connectivity index (χ1) is 6.11. The molecule has 0 bridgehead atoms. The molecular formula is C7H10N2O3S. The van der Waals surface area contributed by atoms with Crippen molar-refractivity contribution < 1.29 is 12.9 Å². The smallest absolute Gasteiger partial charge is 0.177 e. The Hall–Kier alpha value is -1.04. The van der Waals surface area contributed by atoms with Gasteiger partial charge >= 0.3 is 0 Å². The summed E-state index contributed by atoms with van der Waals surface area (Å²) in [5, 5.41) is 2.89. The molecule has 1 aliphatic rings. The summed E-state index contributed by atoms with van der Waals surface area (Å²) in [4.78, 5) is 0. The van der Waals surface area contributed by atoms with Gasteiger partial charge in [0.1, 0.15) is 5.25 Å². The monoisotopic (exact) mass is 202 g/mol. The number of aromatic nitrogens is 1. The van der Waals surface area contributed by atoms with E-state index in [4.69, 9.17) is 10.3 Å². The third-order valence-corrected chi connectivity index (χ3v) is 4.42. The van der Waals surface area contributed by atoms with Crippen molar-refractivity contribution in [1.29, 1.82) is 0 Å². The maximum atomic E-state index is 11.5. The minimum absolute atomic E-state index is 0.220. The molecule has 0 amide bonds. The lowest BCUT2D eigenvalue weighted by molar-refractivity contribution is 0.378. The fourth-order valence-electron chi connectivity index (χ4n) is 1.59. The van der Waals surface area contributed by atoms with E-state index in [1.807, 2.05) is 0 Å². The van der Waals surface area contributed by atoms with E-state index in [0.29, 0.717) is 24.3 Å². The minimum atomic E-state index is -3.05. The maximum absolute atomic E-state index is 11.5. The molecular weight excluding hydrogens is 192 g/mol. The molecule has 1 atom stereocenters. The van der Waals surface area contributed by atoms with Gasteiger partial charge in [-0.05, 0) is 12.8 Å². The molecule has 2 N–H and O–H groups in total. The van der Waals surface area contributed by atoms with Crippen LogP contribution in [0.2, 0.25) is 0 Å². The summed E-state index contributed by atoms with van der Waals surface area (Å²) in [5.41, 5.74) is 5.85. The third kappa shape index (κ3) is 1.31. The molecule has 1 fully saturated rings. The minimum Gasteiger partial charge on any atom is -0.395 e. The Morgan fingerprint density at radius 1 is 1.62 bits per heavy atom. The van der Waals surface area contributed by atoms with E-state index in [1.165, 1.54) is 6.20 Å². The predicted molar refractivity (Wildman–Crippen MR) is 46.7 cm³/mol. The standard InChI is InChI=1S/C7H10N2O3S/c8-5-4-9-12-7(5)6-2-1-3-13(6,10)11/h4,6H,1-3,8H2. The van der Waals surface area contributed by atoms with E-state index in [0.717, 1.165) is 0 Å². The second kappa shape index (κ2) is 2.73. The second-order valence-corrected chi connectivity index (χ2v) is 5.45. The highest BCUT2D eigenvalue weighted by Crippen LogP contribution is 2.36. The van der Waals surface area contributed by atoms with Crippen molar-refractivity contribution >= 4 is 15.5 Å². The maximum Gasteiger partial charge on any atom is 0.177 e. The van der Waals surface area contributed by atoms with Crippen LogP contribution in [0.4, 0.5) is 5.69 Å². The van der Waals surface area contributed by atoms with Crippen molar-refractivity contribution in [1.82, 2.24) is 5.16 Å². The zero-order chi connectivity index (χ0) is 9.47. The van der Waals surface area contributed by atoms with Gasteiger partial charge in [-0.1, -0.05) is 5.16 Å². The van der Waals surface area contributed by atoms with Crippen LogP contribution in [0.5, 0.6) is 0 Å². The number of nitrogen functional groups attached to an aromatic ring is 1. The van der Waals surface area contributed by atoms with Crippen LogP contribution >= 0.6 is 0 Å². The number of sulfone groups is 1. The zero-order valence-electron chi connectivity index (χ0n) is 6.93. The lowest BCUT2D eigenvalue weighted by Gasteiger charge is -2.04. The number of hydrogen-bond acceptors (Lipinski definition) is 5. The van der Waals surface area contributed by atoms with E-state index >= 15 is 0 Å². The number of rotatable bonds is 1. The summed E-state index contributed by atoms with van der Waals surface area (Å²) in [6.45, 7) is 0. The SMILES string of the molecule is Nc1cnoc1C1CCCS1(=O)=O. The van der Waals surface area contributed by atoms with Crippen molar-refractivity contribution in [2.45, 2.75) is 18.1 Å². The zero-order valence-corrected chi connectivity index (χ0v) is 7.75. The van der Waals surface area contributed by atoms with Gasteiger partial charge in [-0.15, -0.1) is 0 Å². The first-order valence-electron chi connectivity index (χ1n) is 4.03. The van der Waals surface area contributed by atoms with Gasteiger partial charge in [0, 0.05) is 0 Å². The first-order valence-corrected chi connectivity index (χ1v) is 5.74. The van der Waals surface area contributed by atoms with Gasteiger partial charge in [0.15, 0.2) is 15.6 Å². The molecule has 5 nitrogen and oxygen atoms in total. The van der Waals surface area contributed by atoms with Gasteiger partial charge in [-0.25, -0.2) is 8.42 Å². The Balaban J connectivity index is 2.43. The van der Waals surface area contributed by atoms with E-state index in [-0.39, 0.29) is 5.75 Å². The van der Waals surface area contributed by atoms with Crippen LogP contribution in [0.1, 0.15) is 23.9 Å². The number of hydrogen-bond donors (Lipinski definition) is 1. The Kier molecular flexibility index (Phi) is 1.80. The van der Waals surface area contributed by atoms with Gasteiger partial charge < -0.3 is 10.3 Å². The van der Waals surface area contributed by atoms with Gasteiger partial charge in [0.05, 0.1) is 17.6 Å². The summed E-state index contributed by atoms with van der Waals surface area (Å²) >= 11 is 0. The quantitative estimate of drug-likeness (QED) is 0.716. The summed E-state index contributed by atoms with van der Waals surface area (Å²) in [6.07, 6.45) is 2.60. The average Bonchev–Trinajstić information content (AvgIpc) is 2.56. The van der Waals surface area contributed by atoms with Crippen molar-refractivity contribution in [2.75, 3.05) is 11.5 Å². The molecule has 1 aromatic rings. The van der Waals surface area contributed by atoms with Gasteiger partial charge in [0.25, 0.3) is 0 Å². The molecule has 0 aliphatic carbocycles. The predicted octanol–water partition coefficient (Wildman–Crippen LogP) is 0.507. The number of nitrogens with two attached hydrogens (primary N) is 1. The van der Waals surface area contributed by atoms with E-state index in [2.05, 4.69) is 5.16 Å². The number of nitrogens with zero attached hydrogens (tertiary/aromatic N) is 1. The molecule has 0 spiro atoms. The molecule has 1 aliphatic heterocycles. The van der Waals surface area contributed by atoms with Gasteiger partial charge in [-0.2, -0.15) is 0 Å². The van der Waals surface area contributed by atoms with Crippen LogP contribution in [-0.4, -0.2) is 19.3 Å². The van der Waals surface area contributed by atoms with Gasteiger partial charge in [0.2, 0.25) is 0 Å². The van der Waals surface area contributed by atoms with Crippen molar-refractivity contribution in [2.24, 2.45) is 0 Å². The highest BCUT2D eigenvalue weighted by molar-refractivity contribution is 7.91. The summed E-state index contributed by atoms with van der Waals surface area (Å²) in [7, 11) is -3.05. The number of anilines is 1. The fraction of sp³-hybridized carbons (Fsp3) is 0.571. The van der Waals surface area contributed by atoms with Crippen LogP contribution in [0, 0.1) is 0 Å². The average molecular weight is 202 g/mol. The molecule has 0 aromatic carbocycles. The highest BCUT2D eigenvalue weighted by atomic mass is 32.2. The Bertz CT molecular complexity index is 409. The van der Waals surface area contributed by atoms with Crippen LogP contribution in [0.15, 0.2) is 10.7 Å². The van der Waals surface area contributed by atoms with E-state index < -0.39 is 15.1 Å². The van der Waals surface area contributed by atoms with E-state index in [1.54, 1.807) is 0 Å². The first kappa shape index (κ1) is 8.55. The van der Waals surface area contributed by atoms with Crippen molar-refractivity contribution in [3.8, 4) is 0 Å². The van der Waals surface area contributed by atoms with Crippen molar-refractivity contribution in [3.63, 3.8) is 0 Å². The van der Waals surface area contributed by atoms with Gasteiger partial charge in [-0.3, -0.25) is 0 Å². The molecule has 13 heavy (non-hydrogen) atoms. The Labute approximate surface area is 75.8 Å². The molecule has 2 rings (SSSR count). The second-order valence-electron chi connectivity index (χ2n) is 3.14. The molecule has 0 radical (unpaired) electrons. The van der Waals surface area contributed by atoms with Crippen LogP contribution < -0.4 is 5.73 Å². The molecule has 72 valence electrons. The van der Waals surface area contributed by atoms with Crippen LogP contribution in [0.3, 0.4) is 0 Å². The third-order valence-electron chi connectivity index (χ3n) is 2.25. The molecule has 0 saturated carbocycles.